The number of hydrogen-bond acceptors (Lipinski definition) is 4. The molecule has 3 saturated carbocycles. The molecule has 4 rings (SSSR count). The highest BCUT2D eigenvalue weighted by atomic mass is 35.5. The highest BCUT2D eigenvalue weighted by Gasteiger charge is 2.60. The predicted octanol–water partition coefficient (Wildman–Crippen LogP) is 4.04. The Morgan fingerprint density at radius 1 is 1.20 bits per heavy atom. The lowest BCUT2D eigenvalue weighted by molar-refractivity contribution is -0.207. The van der Waals surface area contributed by atoms with E-state index < -0.39 is 17.4 Å². The quantitative estimate of drug-likeness (QED) is 0.688. The van der Waals surface area contributed by atoms with Gasteiger partial charge in [0, 0.05) is 24.6 Å². The second kappa shape index (κ2) is 7.79. The third kappa shape index (κ3) is 3.07. The van der Waals surface area contributed by atoms with Gasteiger partial charge in [0.1, 0.15) is 17.4 Å². The lowest BCUT2D eigenvalue weighted by Crippen LogP contribution is -2.63. The van der Waals surface area contributed by atoms with Gasteiger partial charge < -0.3 is 14.6 Å². The van der Waals surface area contributed by atoms with Gasteiger partial charge in [0.2, 0.25) is 0 Å². The summed E-state index contributed by atoms with van der Waals surface area (Å²) in [5, 5.41) is 10.3. The molecule has 1 aromatic rings. The molecule has 0 aliphatic heterocycles. The van der Waals surface area contributed by atoms with Crippen molar-refractivity contribution in [3.63, 3.8) is 0 Å². The van der Waals surface area contributed by atoms with Gasteiger partial charge in [-0.05, 0) is 49.8 Å². The minimum atomic E-state index is -1.34. The van der Waals surface area contributed by atoms with Gasteiger partial charge >= 0.3 is 11.9 Å². The summed E-state index contributed by atoms with van der Waals surface area (Å²) >= 11 is 6.51. The van der Waals surface area contributed by atoms with E-state index in [-0.39, 0.29) is 17.6 Å². The molecule has 0 radical (unpaired) electrons. The molecule has 1 aromatic carbocycles. The number of carboxylic acids is 1. The molecule has 0 heterocycles. The fourth-order valence-electron chi connectivity index (χ4n) is 5.43. The van der Waals surface area contributed by atoms with Crippen LogP contribution in [-0.4, -0.2) is 41.8 Å². The second-order valence-electron chi connectivity index (χ2n) is 8.60. The van der Waals surface area contributed by atoms with Crippen molar-refractivity contribution in [1.82, 2.24) is 0 Å². The van der Waals surface area contributed by atoms with Gasteiger partial charge in [-0.15, -0.1) is 6.42 Å². The van der Waals surface area contributed by atoms with E-state index in [9.17, 15) is 14.7 Å². The van der Waals surface area contributed by atoms with E-state index in [1.54, 1.807) is 25.3 Å². The van der Waals surface area contributed by atoms with Crippen LogP contribution in [0.5, 0.6) is 5.75 Å². The number of terminal acetylenes is 1. The number of anilines is 1. The summed E-state index contributed by atoms with van der Waals surface area (Å²) in [6, 6.07) is 4.94. The second-order valence-corrected chi connectivity index (χ2v) is 9.00. The number of ether oxygens (including phenoxy) is 2. The molecule has 0 aromatic heterocycles. The number of nitrogens with zero attached hydrogens (tertiary/aromatic N) is 1. The Bertz CT molecular complexity index is 897. The van der Waals surface area contributed by atoms with E-state index >= 15 is 0 Å². The number of hydrogen-bond donors (Lipinski definition) is 1. The summed E-state index contributed by atoms with van der Waals surface area (Å²) in [7, 11) is 1.74. The Kier molecular flexibility index (Phi) is 5.46. The molecule has 1 N–H and O–H groups in total. The first-order chi connectivity index (χ1) is 14.4. The summed E-state index contributed by atoms with van der Waals surface area (Å²) in [5.74, 6) is 0.870. The van der Waals surface area contributed by atoms with Crippen LogP contribution in [0.25, 0.3) is 0 Å². The summed E-state index contributed by atoms with van der Waals surface area (Å²) in [4.78, 5) is 25.9. The zero-order valence-electron chi connectivity index (χ0n) is 17.0. The topological polar surface area (TPSA) is 76.1 Å². The molecule has 2 atom stereocenters. The van der Waals surface area contributed by atoms with Crippen molar-refractivity contribution in [2.24, 2.45) is 5.41 Å². The summed E-state index contributed by atoms with van der Waals surface area (Å²) in [5.41, 5.74) is -0.897. The number of carbonyl (C=O) groups excluding carboxylic acids is 1. The van der Waals surface area contributed by atoms with E-state index in [4.69, 9.17) is 27.5 Å². The van der Waals surface area contributed by atoms with E-state index in [0.717, 1.165) is 32.1 Å². The smallest absolute Gasteiger partial charge is 0.330 e. The number of methoxy groups -OCH3 is 1. The Morgan fingerprint density at radius 2 is 1.90 bits per heavy atom. The van der Waals surface area contributed by atoms with Crippen molar-refractivity contribution in [2.75, 3.05) is 12.0 Å². The molecule has 1 amide bonds. The van der Waals surface area contributed by atoms with Crippen LogP contribution < -0.4 is 9.64 Å². The maximum Gasteiger partial charge on any atom is 0.330 e. The highest BCUT2D eigenvalue weighted by molar-refractivity contribution is 6.32. The third-order valence-corrected chi connectivity index (χ3v) is 7.60. The molecule has 3 fully saturated rings. The zero-order chi connectivity index (χ0) is 21.5. The number of halogens is 1. The molecule has 0 saturated heterocycles. The maximum absolute atomic E-state index is 12.6. The number of carbonyl (C=O) groups is 2. The third-order valence-electron chi connectivity index (χ3n) is 7.31. The van der Waals surface area contributed by atoms with Gasteiger partial charge in [-0.1, -0.05) is 30.9 Å². The first-order valence-corrected chi connectivity index (χ1v) is 10.8. The van der Waals surface area contributed by atoms with Gasteiger partial charge in [0.25, 0.3) is 0 Å². The van der Waals surface area contributed by atoms with E-state index in [1.807, 2.05) is 0 Å². The highest BCUT2D eigenvalue weighted by Crippen LogP contribution is 2.58. The molecule has 3 aliphatic rings. The first kappa shape index (κ1) is 21.0. The van der Waals surface area contributed by atoms with Crippen LogP contribution in [0.4, 0.5) is 5.69 Å². The van der Waals surface area contributed by atoms with E-state index in [2.05, 4.69) is 5.92 Å². The lowest BCUT2D eigenvalue weighted by atomic mass is 9.52. The zero-order valence-corrected chi connectivity index (χ0v) is 17.8. The van der Waals surface area contributed by atoms with Crippen LogP contribution in [0.15, 0.2) is 18.2 Å². The first-order valence-electron chi connectivity index (χ1n) is 10.4. The standard InChI is InChI=1S/C23H26ClNO5/c1-3-20(26)25(23(21(27)28)11-4-5-12-23)15-7-8-17(16(24)13-15)30-19-14-18(29-2)22(19)9-6-10-22/h1,7-8,13,18-19H,4-6,9-12,14H2,2H3,(H,27,28). The Labute approximate surface area is 181 Å². The SMILES string of the molecule is C#CC(=O)N(c1ccc(OC2CC(OC)C23CCC3)c(Cl)c1)C1(C(=O)O)CCCC1. The summed E-state index contributed by atoms with van der Waals surface area (Å²) in [6.45, 7) is 0. The van der Waals surface area contributed by atoms with E-state index in [0.29, 0.717) is 29.3 Å². The van der Waals surface area contributed by atoms with Crippen molar-refractivity contribution in [2.45, 2.75) is 69.1 Å². The van der Waals surface area contributed by atoms with E-state index in [1.165, 1.54) is 11.3 Å². The largest absolute Gasteiger partial charge is 0.488 e. The molecule has 6 nitrogen and oxygen atoms in total. The van der Waals surface area contributed by atoms with Crippen molar-refractivity contribution < 1.29 is 24.2 Å². The Balaban J connectivity index is 1.60. The minimum absolute atomic E-state index is 0.0446. The average Bonchev–Trinajstić information content (AvgIpc) is 3.15. The fourth-order valence-corrected chi connectivity index (χ4v) is 5.65. The molecular weight excluding hydrogens is 406 g/mol. The Hall–Kier alpha value is -2.23. The van der Waals surface area contributed by atoms with Crippen molar-refractivity contribution in [1.29, 1.82) is 0 Å². The number of rotatable bonds is 6. The van der Waals surface area contributed by atoms with Crippen LogP contribution in [0, 0.1) is 17.8 Å². The molecule has 160 valence electrons. The monoisotopic (exact) mass is 431 g/mol. The summed E-state index contributed by atoms with van der Waals surface area (Å²) < 4.78 is 11.8. The normalized spacial score (nSPS) is 25.6. The average molecular weight is 432 g/mol. The molecule has 0 bridgehead atoms. The van der Waals surface area contributed by atoms with Gasteiger partial charge in [-0.3, -0.25) is 9.69 Å². The molecule has 30 heavy (non-hydrogen) atoms. The van der Waals surface area contributed by atoms with Crippen molar-refractivity contribution in [3.05, 3.63) is 23.2 Å². The Morgan fingerprint density at radius 3 is 2.40 bits per heavy atom. The van der Waals surface area contributed by atoms with Crippen molar-refractivity contribution >= 4 is 29.2 Å². The van der Waals surface area contributed by atoms with Gasteiger partial charge in [0.15, 0.2) is 0 Å². The maximum atomic E-state index is 12.6. The summed E-state index contributed by atoms with van der Waals surface area (Å²) in [6.07, 6.45) is 11.9. The minimum Gasteiger partial charge on any atom is -0.488 e. The van der Waals surface area contributed by atoms with Crippen LogP contribution in [0.1, 0.15) is 51.4 Å². The fraction of sp³-hybridized carbons (Fsp3) is 0.565. The lowest BCUT2D eigenvalue weighted by Gasteiger charge is -2.59. The molecule has 2 unspecified atom stereocenters. The molecular formula is C23H26ClNO5. The number of amides is 1. The molecule has 3 aliphatic carbocycles. The molecule has 1 spiro atoms. The van der Waals surface area contributed by atoms with Crippen LogP contribution >= 0.6 is 11.6 Å². The van der Waals surface area contributed by atoms with Crippen LogP contribution in [0.2, 0.25) is 5.02 Å². The molecule has 7 heteroatoms. The van der Waals surface area contributed by atoms with Gasteiger partial charge in [0.05, 0.1) is 11.1 Å². The van der Waals surface area contributed by atoms with Gasteiger partial charge in [-0.2, -0.15) is 0 Å². The van der Waals surface area contributed by atoms with Crippen molar-refractivity contribution in [3.8, 4) is 18.1 Å². The van der Waals surface area contributed by atoms with Gasteiger partial charge in [-0.25, -0.2) is 4.79 Å². The van der Waals surface area contributed by atoms with Crippen LogP contribution in [-0.2, 0) is 14.3 Å². The number of carboxylic acid groups (broad SMARTS) is 1. The number of benzene rings is 1. The van der Waals surface area contributed by atoms with Crippen LogP contribution in [0.3, 0.4) is 0 Å². The predicted molar refractivity (Wildman–Crippen MR) is 113 cm³/mol. The number of aliphatic carboxylic acids is 1.